The molecule has 0 heterocycles. The molecule has 3 rings (SSSR count). The molecule has 0 bridgehead atoms. The van der Waals surface area contributed by atoms with Crippen LogP contribution in [0, 0.1) is 0 Å². The van der Waals surface area contributed by atoms with Gasteiger partial charge in [0.2, 0.25) is 10.0 Å². The zero-order valence-corrected chi connectivity index (χ0v) is 18.8. The van der Waals surface area contributed by atoms with Gasteiger partial charge in [0.1, 0.15) is 18.1 Å². The third-order valence-electron chi connectivity index (χ3n) is 4.28. The third-order valence-corrected chi connectivity index (χ3v) is 5.96. The van der Waals surface area contributed by atoms with Gasteiger partial charge in [-0.1, -0.05) is 30.3 Å². The standard InChI is InChI=1S/C24H26N2O5S/c1-18(2)26-32(28,29)23-14-8-20(9-15-23)25-24(27)17-31-22-12-10-21(11-13-22)30-16-19-6-4-3-5-7-19/h3-15,18,26H,16-17H2,1-2H3,(H,25,27). The van der Waals surface area contributed by atoms with Crippen LogP contribution in [0.15, 0.2) is 83.8 Å². The maximum atomic E-state index is 12.1. The molecule has 0 aliphatic rings. The molecule has 1 amide bonds. The number of benzene rings is 3. The molecular formula is C24H26N2O5S. The first-order chi connectivity index (χ1) is 15.3. The average molecular weight is 455 g/mol. The largest absolute Gasteiger partial charge is 0.489 e. The number of ether oxygens (including phenoxy) is 2. The van der Waals surface area contributed by atoms with Gasteiger partial charge in [-0.3, -0.25) is 4.79 Å². The second kappa shape index (κ2) is 10.8. The number of nitrogens with one attached hydrogen (secondary N) is 2. The van der Waals surface area contributed by atoms with Crippen LogP contribution in [0.2, 0.25) is 0 Å². The Kier molecular flexibility index (Phi) is 7.86. The van der Waals surface area contributed by atoms with Gasteiger partial charge in [-0.15, -0.1) is 0 Å². The lowest BCUT2D eigenvalue weighted by molar-refractivity contribution is -0.118. The van der Waals surface area contributed by atoms with Crippen LogP contribution < -0.4 is 19.5 Å². The zero-order valence-electron chi connectivity index (χ0n) is 17.9. The molecule has 0 unspecified atom stereocenters. The van der Waals surface area contributed by atoms with Crippen LogP contribution in [0.3, 0.4) is 0 Å². The second-order valence-electron chi connectivity index (χ2n) is 7.38. The Morgan fingerprint density at radius 2 is 1.44 bits per heavy atom. The molecule has 0 saturated heterocycles. The molecule has 0 radical (unpaired) electrons. The summed E-state index contributed by atoms with van der Waals surface area (Å²) < 4.78 is 38.0. The highest BCUT2D eigenvalue weighted by Gasteiger charge is 2.15. The quantitative estimate of drug-likeness (QED) is 0.484. The normalized spacial score (nSPS) is 11.2. The zero-order chi connectivity index (χ0) is 23.0. The number of hydrogen-bond acceptors (Lipinski definition) is 5. The van der Waals surface area contributed by atoms with Gasteiger partial charge in [-0.25, -0.2) is 13.1 Å². The Morgan fingerprint density at radius 3 is 2.03 bits per heavy atom. The van der Waals surface area contributed by atoms with Crippen LogP contribution in [-0.2, 0) is 21.4 Å². The summed E-state index contributed by atoms with van der Waals surface area (Å²) in [6.45, 7) is 3.78. The van der Waals surface area contributed by atoms with E-state index in [2.05, 4.69) is 10.0 Å². The third kappa shape index (κ3) is 7.11. The maximum Gasteiger partial charge on any atom is 0.262 e. The fourth-order valence-corrected chi connectivity index (χ4v) is 4.07. The van der Waals surface area contributed by atoms with Gasteiger partial charge in [0.25, 0.3) is 5.91 Å². The minimum Gasteiger partial charge on any atom is -0.489 e. The predicted molar refractivity (Wildman–Crippen MR) is 123 cm³/mol. The van der Waals surface area contributed by atoms with E-state index in [0.717, 1.165) is 5.56 Å². The Hall–Kier alpha value is -3.36. The van der Waals surface area contributed by atoms with E-state index >= 15 is 0 Å². The summed E-state index contributed by atoms with van der Waals surface area (Å²) in [5.74, 6) is 0.881. The molecule has 7 nitrogen and oxygen atoms in total. The van der Waals surface area contributed by atoms with Crippen LogP contribution in [0.5, 0.6) is 11.5 Å². The van der Waals surface area contributed by atoms with E-state index in [1.165, 1.54) is 24.3 Å². The lowest BCUT2D eigenvalue weighted by Crippen LogP contribution is -2.30. The van der Waals surface area contributed by atoms with Crippen molar-refractivity contribution in [3.8, 4) is 11.5 Å². The summed E-state index contributed by atoms with van der Waals surface area (Å²) in [7, 11) is -3.57. The molecule has 8 heteroatoms. The number of anilines is 1. The van der Waals surface area contributed by atoms with Crippen LogP contribution in [0.25, 0.3) is 0 Å². The molecule has 0 atom stereocenters. The van der Waals surface area contributed by atoms with Crippen molar-refractivity contribution in [1.29, 1.82) is 0 Å². The van der Waals surface area contributed by atoms with E-state index in [4.69, 9.17) is 9.47 Å². The smallest absolute Gasteiger partial charge is 0.262 e. The number of sulfonamides is 1. The van der Waals surface area contributed by atoms with Crippen molar-refractivity contribution >= 4 is 21.6 Å². The molecule has 0 aliphatic carbocycles. The summed E-state index contributed by atoms with van der Waals surface area (Å²) in [5, 5.41) is 2.68. The first-order valence-corrected chi connectivity index (χ1v) is 11.6. The van der Waals surface area contributed by atoms with Gasteiger partial charge >= 0.3 is 0 Å². The number of carbonyl (C=O) groups is 1. The molecular weight excluding hydrogens is 428 g/mol. The molecule has 0 fully saturated rings. The molecule has 0 saturated carbocycles. The molecule has 168 valence electrons. The van der Waals surface area contributed by atoms with E-state index in [-0.39, 0.29) is 23.5 Å². The lowest BCUT2D eigenvalue weighted by Gasteiger charge is -2.11. The van der Waals surface area contributed by atoms with Crippen molar-refractivity contribution in [3.63, 3.8) is 0 Å². The van der Waals surface area contributed by atoms with Gasteiger partial charge in [0.05, 0.1) is 4.90 Å². The SMILES string of the molecule is CC(C)NS(=O)(=O)c1ccc(NC(=O)COc2ccc(OCc3ccccc3)cc2)cc1. The Morgan fingerprint density at radius 1 is 0.844 bits per heavy atom. The fourth-order valence-electron chi connectivity index (χ4n) is 2.81. The Labute approximate surface area is 188 Å². The number of amides is 1. The fraction of sp³-hybridized carbons (Fsp3) is 0.208. The summed E-state index contributed by atoms with van der Waals surface area (Å²) in [4.78, 5) is 12.3. The minimum atomic E-state index is -3.57. The van der Waals surface area contributed by atoms with Crippen molar-refractivity contribution in [1.82, 2.24) is 4.72 Å². The molecule has 3 aromatic carbocycles. The Balaban J connectivity index is 1.46. The highest BCUT2D eigenvalue weighted by molar-refractivity contribution is 7.89. The van der Waals surface area contributed by atoms with Crippen molar-refractivity contribution in [2.24, 2.45) is 0 Å². The monoisotopic (exact) mass is 454 g/mol. The molecule has 2 N–H and O–H groups in total. The van der Waals surface area contributed by atoms with Crippen LogP contribution >= 0.6 is 0 Å². The van der Waals surface area contributed by atoms with Crippen molar-refractivity contribution < 1.29 is 22.7 Å². The summed E-state index contributed by atoms with van der Waals surface area (Å²) in [6.07, 6.45) is 0. The van der Waals surface area contributed by atoms with Gasteiger partial charge in [0, 0.05) is 11.7 Å². The highest BCUT2D eigenvalue weighted by Crippen LogP contribution is 2.19. The highest BCUT2D eigenvalue weighted by atomic mass is 32.2. The van der Waals surface area contributed by atoms with E-state index < -0.39 is 10.0 Å². The number of hydrogen-bond donors (Lipinski definition) is 2. The van der Waals surface area contributed by atoms with Gasteiger partial charge in [-0.05, 0) is 67.9 Å². The first kappa shape index (κ1) is 23.3. The van der Waals surface area contributed by atoms with E-state index in [9.17, 15) is 13.2 Å². The molecule has 0 aliphatic heterocycles. The topological polar surface area (TPSA) is 93.7 Å². The molecule has 3 aromatic rings. The van der Waals surface area contributed by atoms with Gasteiger partial charge < -0.3 is 14.8 Å². The number of carbonyl (C=O) groups excluding carboxylic acids is 1. The van der Waals surface area contributed by atoms with Crippen molar-refractivity contribution in [3.05, 3.63) is 84.4 Å². The molecule has 0 aromatic heterocycles. The summed E-state index contributed by atoms with van der Waals surface area (Å²) >= 11 is 0. The molecule has 0 spiro atoms. The second-order valence-corrected chi connectivity index (χ2v) is 9.10. The minimum absolute atomic E-state index is 0.134. The van der Waals surface area contributed by atoms with Gasteiger partial charge in [0.15, 0.2) is 6.61 Å². The van der Waals surface area contributed by atoms with Crippen LogP contribution in [0.1, 0.15) is 19.4 Å². The van der Waals surface area contributed by atoms with Crippen molar-refractivity contribution in [2.45, 2.75) is 31.4 Å². The van der Waals surface area contributed by atoms with Crippen LogP contribution in [0.4, 0.5) is 5.69 Å². The van der Waals surface area contributed by atoms with E-state index in [1.54, 1.807) is 38.1 Å². The first-order valence-electron chi connectivity index (χ1n) is 10.1. The van der Waals surface area contributed by atoms with E-state index in [1.807, 2.05) is 30.3 Å². The Bertz CT molecular complexity index is 1110. The van der Waals surface area contributed by atoms with E-state index in [0.29, 0.717) is 23.8 Å². The summed E-state index contributed by atoms with van der Waals surface area (Å²) in [6, 6.07) is 22.6. The average Bonchev–Trinajstić information content (AvgIpc) is 2.77. The summed E-state index contributed by atoms with van der Waals surface area (Å²) in [5.41, 5.74) is 1.55. The predicted octanol–water partition coefficient (Wildman–Crippen LogP) is 3.97. The maximum absolute atomic E-state index is 12.1. The lowest BCUT2D eigenvalue weighted by atomic mass is 10.2. The van der Waals surface area contributed by atoms with Gasteiger partial charge in [-0.2, -0.15) is 0 Å². The molecule has 32 heavy (non-hydrogen) atoms. The van der Waals surface area contributed by atoms with Crippen molar-refractivity contribution in [2.75, 3.05) is 11.9 Å². The number of rotatable bonds is 10. The van der Waals surface area contributed by atoms with Crippen LogP contribution in [-0.4, -0.2) is 27.0 Å².